The zero-order valence-corrected chi connectivity index (χ0v) is 11.4. The molecule has 16 heavy (non-hydrogen) atoms. The van der Waals surface area contributed by atoms with E-state index in [1.807, 2.05) is 13.8 Å². The number of Topliss-reactive ketones (excluding diaryl/α,β-unsaturated/α-hetero) is 1. The molecule has 0 amide bonds. The first-order chi connectivity index (χ1) is 7.36. The van der Waals surface area contributed by atoms with E-state index in [1.54, 1.807) is 20.8 Å². The second-order valence-corrected chi connectivity index (χ2v) is 3.84. The molecule has 0 saturated heterocycles. The predicted octanol–water partition coefficient (Wildman–Crippen LogP) is 2.96. The van der Waals surface area contributed by atoms with Crippen LogP contribution in [0.4, 0.5) is 0 Å². The molecule has 0 aliphatic rings. The number of alkyl halides is 1. The third-order valence-electron chi connectivity index (χ3n) is 1.87. The van der Waals surface area contributed by atoms with Crippen LogP contribution in [0.5, 0.6) is 0 Å². The fourth-order valence-corrected chi connectivity index (χ4v) is 1.09. The highest BCUT2D eigenvalue weighted by molar-refractivity contribution is 6.41. The van der Waals surface area contributed by atoms with Crippen molar-refractivity contribution in [2.45, 2.75) is 40.0 Å². The van der Waals surface area contributed by atoms with E-state index in [0.717, 1.165) is 0 Å². The summed E-state index contributed by atoms with van der Waals surface area (Å²) >= 11 is 5.65. The van der Waals surface area contributed by atoms with Crippen molar-refractivity contribution in [2.24, 2.45) is 5.41 Å². The van der Waals surface area contributed by atoms with Crippen molar-refractivity contribution in [3.05, 3.63) is 12.7 Å². The molecule has 0 fully saturated rings. The van der Waals surface area contributed by atoms with Gasteiger partial charge in [-0.25, -0.2) is 4.79 Å². The lowest BCUT2D eigenvalue weighted by molar-refractivity contribution is -0.146. The second kappa shape index (κ2) is 8.34. The average molecular weight is 249 g/mol. The van der Waals surface area contributed by atoms with Gasteiger partial charge in [0, 0.05) is 5.41 Å². The first-order valence-electron chi connectivity index (χ1n) is 5.35. The topological polar surface area (TPSA) is 43.4 Å². The molecule has 4 heteroatoms. The van der Waals surface area contributed by atoms with Crippen LogP contribution in [0.2, 0.25) is 0 Å². The number of rotatable bonds is 5. The van der Waals surface area contributed by atoms with Crippen LogP contribution in [0.15, 0.2) is 12.7 Å². The van der Waals surface area contributed by atoms with Crippen molar-refractivity contribution in [3.8, 4) is 0 Å². The summed E-state index contributed by atoms with van der Waals surface area (Å²) in [6.45, 7) is 12.7. The van der Waals surface area contributed by atoms with Crippen molar-refractivity contribution in [2.75, 3.05) is 6.61 Å². The molecule has 0 aromatic heterocycles. The van der Waals surface area contributed by atoms with Gasteiger partial charge in [-0.3, -0.25) is 4.79 Å². The summed E-state index contributed by atoms with van der Waals surface area (Å²) in [5, 5.41) is -1.25. The third kappa shape index (κ3) is 5.31. The van der Waals surface area contributed by atoms with Crippen LogP contribution in [-0.2, 0) is 14.3 Å². The standard InChI is InChI=1S/C10H15ClO3.C2H6/c1-5-10(3,4)8(12)7(11)9(13)14-6-2;1-2/h5,7H,1,6H2,2-4H3;1-2H3. The van der Waals surface area contributed by atoms with E-state index in [0.29, 0.717) is 0 Å². The molecule has 0 aliphatic carbocycles. The average Bonchev–Trinajstić information content (AvgIpc) is 2.30. The molecule has 0 N–H and O–H groups in total. The van der Waals surface area contributed by atoms with Gasteiger partial charge in [0.25, 0.3) is 0 Å². The Kier molecular flexibility index (Phi) is 9.15. The van der Waals surface area contributed by atoms with Gasteiger partial charge in [0.15, 0.2) is 11.2 Å². The van der Waals surface area contributed by atoms with Crippen LogP contribution in [0.25, 0.3) is 0 Å². The van der Waals surface area contributed by atoms with Crippen LogP contribution >= 0.6 is 11.6 Å². The quantitative estimate of drug-likeness (QED) is 0.325. The van der Waals surface area contributed by atoms with Crippen LogP contribution in [0.3, 0.4) is 0 Å². The highest BCUT2D eigenvalue weighted by Gasteiger charge is 2.35. The fraction of sp³-hybridized carbons (Fsp3) is 0.667. The molecule has 0 bridgehead atoms. The van der Waals surface area contributed by atoms with Crippen LogP contribution in [0, 0.1) is 5.41 Å². The second-order valence-electron chi connectivity index (χ2n) is 3.40. The van der Waals surface area contributed by atoms with Crippen molar-refractivity contribution in [3.63, 3.8) is 0 Å². The smallest absolute Gasteiger partial charge is 0.331 e. The Labute approximate surface area is 103 Å². The number of esters is 1. The maximum Gasteiger partial charge on any atom is 0.331 e. The number of allylic oxidation sites excluding steroid dienone is 1. The molecule has 1 atom stereocenters. The van der Waals surface area contributed by atoms with Crippen molar-refractivity contribution >= 4 is 23.4 Å². The number of carbonyl (C=O) groups excluding carboxylic acids is 2. The van der Waals surface area contributed by atoms with Gasteiger partial charge in [0.05, 0.1) is 6.61 Å². The molecule has 0 radical (unpaired) electrons. The van der Waals surface area contributed by atoms with E-state index in [9.17, 15) is 9.59 Å². The molecule has 0 rings (SSSR count). The van der Waals surface area contributed by atoms with E-state index >= 15 is 0 Å². The summed E-state index contributed by atoms with van der Waals surface area (Å²) in [7, 11) is 0. The van der Waals surface area contributed by atoms with Crippen LogP contribution in [0.1, 0.15) is 34.6 Å². The lowest BCUT2D eigenvalue weighted by Crippen LogP contribution is -2.36. The maximum absolute atomic E-state index is 11.6. The Morgan fingerprint density at radius 1 is 1.44 bits per heavy atom. The Morgan fingerprint density at radius 2 is 1.88 bits per heavy atom. The van der Waals surface area contributed by atoms with Gasteiger partial charge in [-0.05, 0) is 20.8 Å². The van der Waals surface area contributed by atoms with Crippen molar-refractivity contribution in [1.82, 2.24) is 0 Å². The van der Waals surface area contributed by atoms with Crippen LogP contribution < -0.4 is 0 Å². The lowest BCUT2D eigenvalue weighted by Gasteiger charge is -2.20. The largest absolute Gasteiger partial charge is 0.465 e. The molecule has 1 unspecified atom stereocenters. The lowest BCUT2D eigenvalue weighted by atomic mass is 9.86. The molecule has 0 aromatic carbocycles. The Bertz CT molecular complexity index is 247. The SMILES string of the molecule is C=CC(C)(C)C(=O)C(Cl)C(=O)OCC.CC. The van der Waals surface area contributed by atoms with Crippen molar-refractivity contribution < 1.29 is 14.3 Å². The normalized spacial score (nSPS) is 11.9. The van der Waals surface area contributed by atoms with Crippen LogP contribution in [-0.4, -0.2) is 23.7 Å². The Morgan fingerprint density at radius 3 is 2.19 bits per heavy atom. The summed E-state index contributed by atoms with van der Waals surface area (Å²) in [5.41, 5.74) is -0.806. The third-order valence-corrected chi connectivity index (χ3v) is 2.25. The summed E-state index contributed by atoms with van der Waals surface area (Å²) in [5.74, 6) is -1.10. The number of hydrogen-bond acceptors (Lipinski definition) is 3. The monoisotopic (exact) mass is 248 g/mol. The molecule has 0 saturated carbocycles. The van der Waals surface area contributed by atoms with E-state index in [1.165, 1.54) is 6.08 Å². The van der Waals surface area contributed by atoms with E-state index < -0.39 is 22.5 Å². The Balaban J connectivity index is 0. The summed E-state index contributed by atoms with van der Waals surface area (Å²) in [6, 6.07) is 0. The van der Waals surface area contributed by atoms with Gasteiger partial charge in [0.2, 0.25) is 0 Å². The highest BCUT2D eigenvalue weighted by atomic mass is 35.5. The minimum absolute atomic E-state index is 0.212. The Hall–Kier alpha value is -0.830. The molecule has 0 aromatic rings. The molecular weight excluding hydrogens is 228 g/mol. The summed E-state index contributed by atoms with van der Waals surface area (Å²) < 4.78 is 4.64. The zero-order valence-electron chi connectivity index (χ0n) is 10.7. The number of hydrogen-bond donors (Lipinski definition) is 0. The minimum Gasteiger partial charge on any atom is -0.465 e. The molecule has 3 nitrogen and oxygen atoms in total. The van der Waals surface area contributed by atoms with Gasteiger partial charge in [0.1, 0.15) is 0 Å². The molecule has 0 aliphatic heterocycles. The highest BCUT2D eigenvalue weighted by Crippen LogP contribution is 2.22. The minimum atomic E-state index is -1.25. The van der Waals surface area contributed by atoms with Crippen molar-refractivity contribution in [1.29, 1.82) is 0 Å². The molecule has 94 valence electrons. The molecular formula is C12H21ClO3. The first-order valence-corrected chi connectivity index (χ1v) is 5.79. The number of ether oxygens (including phenoxy) is 1. The number of carbonyl (C=O) groups is 2. The first kappa shape index (κ1) is 17.6. The van der Waals surface area contributed by atoms with E-state index in [2.05, 4.69) is 11.3 Å². The summed E-state index contributed by atoms with van der Waals surface area (Å²) in [4.78, 5) is 22.7. The van der Waals surface area contributed by atoms with Gasteiger partial charge in [-0.1, -0.05) is 19.9 Å². The van der Waals surface area contributed by atoms with Gasteiger partial charge in [-0.15, -0.1) is 18.2 Å². The summed E-state index contributed by atoms with van der Waals surface area (Å²) in [6.07, 6.45) is 1.46. The van der Waals surface area contributed by atoms with Gasteiger partial charge in [-0.2, -0.15) is 0 Å². The fourth-order valence-electron chi connectivity index (χ4n) is 0.750. The maximum atomic E-state index is 11.6. The van der Waals surface area contributed by atoms with E-state index in [-0.39, 0.29) is 6.61 Å². The van der Waals surface area contributed by atoms with Gasteiger partial charge < -0.3 is 4.74 Å². The molecule has 0 spiro atoms. The van der Waals surface area contributed by atoms with Gasteiger partial charge >= 0.3 is 5.97 Å². The molecule has 0 heterocycles. The number of halogens is 1. The zero-order chi connectivity index (χ0) is 13.4. The van der Waals surface area contributed by atoms with E-state index in [4.69, 9.17) is 11.6 Å². The predicted molar refractivity (Wildman–Crippen MR) is 66.6 cm³/mol. The number of ketones is 1.